The second kappa shape index (κ2) is 9.74. The van der Waals surface area contributed by atoms with E-state index in [1.807, 2.05) is 55.6 Å². The van der Waals surface area contributed by atoms with E-state index in [-0.39, 0.29) is 5.97 Å². The summed E-state index contributed by atoms with van der Waals surface area (Å²) in [4.78, 5) is 13.2. The number of benzene rings is 2. The first-order valence-electron chi connectivity index (χ1n) is 8.04. The van der Waals surface area contributed by atoms with E-state index in [9.17, 15) is 4.79 Å². The number of hydrogen-bond donors (Lipinski definition) is 0. The molecule has 132 valence electrons. The summed E-state index contributed by atoms with van der Waals surface area (Å²) >= 11 is 5.90. The van der Waals surface area contributed by atoms with E-state index in [0.29, 0.717) is 6.61 Å². The van der Waals surface area contributed by atoms with Gasteiger partial charge in [0.15, 0.2) is 0 Å². The molecule has 0 aromatic heterocycles. The molecule has 0 unspecified atom stereocenters. The Morgan fingerprint density at radius 3 is 2.44 bits per heavy atom. The van der Waals surface area contributed by atoms with E-state index in [1.54, 1.807) is 6.08 Å². The SMILES string of the molecule is COC(=O)/C=C/c1ccc(OCCCN(C)c2ccc(Cl)cc2)cc1. The maximum Gasteiger partial charge on any atom is 0.330 e. The van der Waals surface area contributed by atoms with Gasteiger partial charge >= 0.3 is 5.97 Å². The lowest BCUT2D eigenvalue weighted by molar-refractivity contribution is -0.134. The highest BCUT2D eigenvalue weighted by Crippen LogP contribution is 2.17. The Morgan fingerprint density at radius 1 is 1.12 bits per heavy atom. The molecule has 0 amide bonds. The molecular weight excluding hydrogens is 338 g/mol. The molecule has 0 aliphatic heterocycles. The number of methoxy groups -OCH3 is 1. The number of carbonyl (C=O) groups is 1. The Bertz CT molecular complexity index is 696. The highest BCUT2D eigenvalue weighted by Gasteiger charge is 2.01. The topological polar surface area (TPSA) is 38.8 Å². The number of rotatable bonds is 8. The molecule has 0 fully saturated rings. The monoisotopic (exact) mass is 359 g/mol. The van der Waals surface area contributed by atoms with Crippen LogP contribution < -0.4 is 9.64 Å². The van der Waals surface area contributed by atoms with Gasteiger partial charge in [0.2, 0.25) is 0 Å². The molecule has 0 saturated carbocycles. The maximum absolute atomic E-state index is 11.1. The average Bonchev–Trinajstić information content (AvgIpc) is 2.64. The zero-order valence-electron chi connectivity index (χ0n) is 14.4. The summed E-state index contributed by atoms with van der Waals surface area (Å²) in [6.45, 7) is 1.52. The van der Waals surface area contributed by atoms with Crippen molar-refractivity contribution in [2.75, 3.05) is 32.2 Å². The smallest absolute Gasteiger partial charge is 0.330 e. The predicted molar refractivity (Wildman–Crippen MR) is 102 cm³/mol. The molecule has 0 spiro atoms. The molecule has 4 nitrogen and oxygen atoms in total. The fourth-order valence-electron chi connectivity index (χ4n) is 2.22. The summed E-state index contributed by atoms with van der Waals surface area (Å²) < 4.78 is 10.3. The molecule has 5 heteroatoms. The summed E-state index contributed by atoms with van der Waals surface area (Å²) in [5.74, 6) is 0.439. The van der Waals surface area contributed by atoms with Gasteiger partial charge in [-0.2, -0.15) is 0 Å². The minimum absolute atomic E-state index is 0.370. The Hall–Kier alpha value is -2.46. The molecule has 0 aliphatic rings. The number of ether oxygens (including phenoxy) is 2. The molecule has 0 aliphatic carbocycles. The van der Waals surface area contributed by atoms with E-state index >= 15 is 0 Å². The molecule has 0 N–H and O–H groups in total. The van der Waals surface area contributed by atoms with Gasteiger partial charge in [0.05, 0.1) is 13.7 Å². The summed E-state index contributed by atoms with van der Waals surface area (Å²) in [5.41, 5.74) is 2.05. The van der Waals surface area contributed by atoms with Crippen LogP contribution in [0.1, 0.15) is 12.0 Å². The first-order chi connectivity index (χ1) is 12.1. The van der Waals surface area contributed by atoms with Crippen LogP contribution in [-0.2, 0) is 9.53 Å². The average molecular weight is 360 g/mol. The van der Waals surface area contributed by atoms with E-state index in [1.165, 1.54) is 13.2 Å². The third-order valence-electron chi connectivity index (χ3n) is 3.67. The Kier molecular flexibility index (Phi) is 7.36. The maximum atomic E-state index is 11.1. The fraction of sp³-hybridized carbons (Fsp3) is 0.250. The molecule has 2 rings (SSSR count). The largest absolute Gasteiger partial charge is 0.494 e. The van der Waals surface area contributed by atoms with Crippen molar-refractivity contribution in [3.63, 3.8) is 0 Å². The number of anilines is 1. The molecule has 2 aromatic rings. The van der Waals surface area contributed by atoms with Crippen LogP contribution in [0.25, 0.3) is 6.08 Å². The first kappa shape index (κ1) is 18.9. The molecule has 0 radical (unpaired) electrons. The van der Waals surface area contributed by atoms with Crippen molar-refractivity contribution in [2.24, 2.45) is 0 Å². The second-order valence-electron chi connectivity index (χ2n) is 5.53. The summed E-state index contributed by atoms with van der Waals surface area (Å²) in [6, 6.07) is 15.4. The first-order valence-corrected chi connectivity index (χ1v) is 8.42. The van der Waals surface area contributed by atoms with Crippen LogP contribution in [0, 0.1) is 0 Å². The zero-order valence-corrected chi connectivity index (χ0v) is 15.2. The Balaban J connectivity index is 1.73. The lowest BCUT2D eigenvalue weighted by atomic mass is 10.2. The van der Waals surface area contributed by atoms with E-state index in [0.717, 1.165) is 35.0 Å². The molecule has 0 bridgehead atoms. The highest BCUT2D eigenvalue weighted by molar-refractivity contribution is 6.30. The van der Waals surface area contributed by atoms with Gasteiger partial charge in [-0.15, -0.1) is 0 Å². The van der Waals surface area contributed by atoms with Crippen molar-refractivity contribution in [1.29, 1.82) is 0 Å². The van der Waals surface area contributed by atoms with Crippen molar-refractivity contribution in [1.82, 2.24) is 0 Å². The minimum Gasteiger partial charge on any atom is -0.494 e. The van der Waals surface area contributed by atoms with Crippen molar-refractivity contribution >= 4 is 29.3 Å². The van der Waals surface area contributed by atoms with E-state index in [2.05, 4.69) is 9.64 Å². The lowest BCUT2D eigenvalue weighted by Crippen LogP contribution is -2.20. The lowest BCUT2D eigenvalue weighted by Gasteiger charge is -2.19. The van der Waals surface area contributed by atoms with Gasteiger partial charge < -0.3 is 14.4 Å². The number of hydrogen-bond acceptors (Lipinski definition) is 4. The van der Waals surface area contributed by atoms with Crippen LogP contribution in [0.15, 0.2) is 54.6 Å². The van der Waals surface area contributed by atoms with Crippen molar-refractivity contribution in [2.45, 2.75) is 6.42 Å². The number of halogens is 1. The predicted octanol–water partition coefficient (Wildman–Crippen LogP) is 4.43. The van der Waals surface area contributed by atoms with E-state index in [4.69, 9.17) is 16.3 Å². The van der Waals surface area contributed by atoms with Gasteiger partial charge in [-0.3, -0.25) is 0 Å². The molecule has 0 heterocycles. The van der Waals surface area contributed by atoms with Gasteiger partial charge in [-0.05, 0) is 54.5 Å². The number of carbonyl (C=O) groups excluding carboxylic acids is 1. The number of esters is 1. The molecular formula is C20H22ClNO3. The van der Waals surface area contributed by atoms with Gasteiger partial charge in [0.25, 0.3) is 0 Å². The third kappa shape index (κ3) is 6.51. The van der Waals surface area contributed by atoms with Gasteiger partial charge in [-0.1, -0.05) is 23.7 Å². The third-order valence-corrected chi connectivity index (χ3v) is 3.92. The number of nitrogens with zero attached hydrogens (tertiary/aromatic N) is 1. The molecule has 0 saturated heterocycles. The summed E-state index contributed by atoms with van der Waals surface area (Å²) in [5, 5.41) is 0.741. The van der Waals surface area contributed by atoms with Gasteiger partial charge in [0.1, 0.15) is 5.75 Å². The quantitative estimate of drug-likeness (QED) is 0.397. The Morgan fingerprint density at radius 2 is 1.80 bits per heavy atom. The second-order valence-corrected chi connectivity index (χ2v) is 5.96. The van der Waals surface area contributed by atoms with Gasteiger partial charge in [0, 0.05) is 30.4 Å². The van der Waals surface area contributed by atoms with Crippen molar-refractivity contribution in [3.8, 4) is 5.75 Å². The molecule has 2 aromatic carbocycles. The molecule has 25 heavy (non-hydrogen) atoms. The van der Waals surface area contributed by atoms with E-state index < -0.39 is 0 Å². The van der Waals surface area contributed by atoms with Crippen LogP contribution in [-0.4, -0.2) is 33.3 Å². The standard InChI is InChI=1S/C20H22ClNO3/c1-22(18-9-7-17(21)8-10-18)14-3-15-25-19-11-4-16(5-12-19)6-13-20(23)24-2/h4-13H,3,14-15H2,1-2H3/b13-6+. The van der Waals surface area contributed by atoms with Crippen LogP contribution in [0.3, 0.4) is 0 Å². The Labute approximate surface area is 153 Å². The van der Waals surface area contributed by atoms with Crippen LogP contribution >= 0.6 is 11.6 Å². The van der Waals surface area contributed by atoms with Gasteiger partial charge in [-0.25, -0.2) is 4.79 Å². The van der Waals surface area contributed by atoms with Crippen LogP contribution in [0.5, 0.6) is 5.75 Å². The van der Waals surface area contributed by atoms with Crippen LogP contribution in [0.4, 0.5) is 5.69 Å². The normalized spacial score (nSPS) is 10.7. The van der Waals surface area contributed by atoms with Crippen LogP contribution in [0.2, 0.25) is 5.02 Å². The summed E-state index contributed by atoms with van der Waals surface area (Å²) in [7, 11) is 3.40. The summed E-state index contributed by atoms with van der Waals surface area (Å²) in [6.07, 6.45) is 4.00. The zero-order chi connectivity index (χ0) is 18.1. The van der Waals surface area contributed by atoms with Crippen molar-refractivity contribution in [3.05, 3.63) is 65.2 Å². The van der Waals surface area contributed by atoms with Crippen molar-refractivity contribution < 1.29 is 14.3 Å². The highest BCUT2D eigenvalue weighted by atomic mass is 35.5. The minimum atomic E-state index is -0.370. The molecule has 0 atom stereocenters. The fourth-order valence-corrected chi connectivity index (χ4v) is 2.35.